The van der Waals surface area contributed by atoms with Crippen molar-refractivity contribution in [3.05, 3.63) is 66.7 Å². The molecule has 0 bridgehead atoms. The van der Waals surface area contributed by atoms with Gasteiger partial charge in [0.15, 0.2) is 0 Å². The third kappa shape index (κ3) is 7.36. The van der Waals surface area contributed by atoms with E-state index in [1.54, 1.807) is 0 Å². The average Bonchev–Trinajstić information content (AvgIpc) is 2.31. The molecule has 0 aliphatic carbocycles. The van der Waals surface area contributed by atoms with E-state index in [0.717, 1.165) is 5.75 Å². The molecule has 17 heavy (non-hydrogen) atoms. The van der Waals surface area contributed by atoms with Crippen LogP contribution in [0.4, 0.5) is 0 Å². The van der Waals surface area contributed by atoms with E-state index in [-0.39, 0.29) is 0 Å². The van der Waals surface area contributed by atoms with Crippen LogP contribution in [0.5, 0.6) is 5.75 Å². The van der Waals surface area contributed by atoms with Crippen LogP contribution in [0.1, 0.15) is 0 Å². The summed E-state index contributed by atoms with van der Waals surface area (Å²) in [6, 6.07) is 23.1. The first-order valence-electron chi connectivity index (χ1n) is 5.64. The van der Waals surface area contributed by atoms with Gasteiger partial charge in [0.25, 0.3) is 0 Å². The summed E-state index contributed by atoms with van der Waals surface area (Å²) in [6.07, 6.45) is 0. The molecule has 0 aromatic heterocycles. The van der Waals surface area contributed by atoms with Crippen molar-refractivity contribution in [2.75, 3.05) is 0 Å². The van der Waals surface area contributed by atoms with Gasteiger partial charge in [-0.25, -0.2) is 0 Å². The van der Waals surface area contributed by atoms with Gasteiger partial charge in [0.1, 0.15) is 5.75 Å². The number of hydrogen-bond donors (Lipinski definition) is 0. The van der Waals surface area contributed by atoms with Crippen LogP contribution in [0.2, 0.25) is 19.6 Å². The molecular formula is C15H18OSi. The summed E-state index contributed by atoms with van der Waals surface area (Å²) in [5.74, 6) is 0.961. The van der Waals surface area contributed by atoms with E-state index < -0.39 is 8.32 Å². The molecule has 88 valence electrons. The second kappa shape index (κ2) is 6.92. The maximum Gasteiger partial charge on any atom is 0.242 e. The first kappa shape index (κ1) is 13.5. The van der Waals surface area contributed by atoms with Gasteiger partial charge in [-0.15, -0.1) is 0 Å². The van der Waals surface area contributed by atoms with Crippen molar-refractivity contribution in [1.29, 1.82) is 0 Å². The van der Waals surface area contributed by atoms with Gasteiger partial charge in [0.2, 0.25) is 8.32 Å². The van der Waals surface area contributed by atoms with Crippen LogP contribution in [-0.2, 0) is 0 Å². The van der Waals surface area contributed by atoms with Gasteiger partial charge in [-0.3, -0.25) is 0 Å². The SMILES string of the molecule is C[Si](C)(C)Oc1cc[c]cc1.[c]1ccccc1. The molecule has 0 aliphatic rings. The fourth-order valence-corrected chi connectivity index (χ4v) is 1.98. The molecule has 2 radical (unpaired) electrons. The highest BCUT2D eigenvalue weighted by Gasteiger charge is 2.15. The minimum atomic E-state index is -1.41. The smallest absolute Gasteiger partial charge is 0.242 e. The Kier molecular flexibility index (Phi) is 5.50. The predicted molar refractivity (Wildman–Crippen MR) is 74.5 cm³/mol. The fraction of sp³-hybridized carbons (Fsp3) is 0.200. The van der Waals surface area contributed by atoms with Crippen molar-refractivity contribution < 1.29 is 4.43 Å². The summed E-state index contributed by atoms with van der Waals surface area (Å²) in [7, 11) is -1.41. The maximum atomic E-state index is 5.72. The van der Waals surface area contributed by atoms with Gasteiger partial charge < -0.3 is 4.43 Å². The lowest BCUT2D eigenvalue weighted by atomic mass is 10.3. The molecule has 0 unspecified atom stereocenters. The van der Waals surface area contributed by atoms with Crippen LogP contribution in [0.3, 0.4) is 0 Å². The van der Waals surface area contributed by atoms with E-state index in [2.05, 4.69) is 31.8 Å². The van der Waals surface area contributed by atoms with Crippen LogP contribution in [0.15, 0.2) is 54.6 Å². The summed E-state index contributed by atoms with van der Waals surface area (Å²) >= 11 is 0. The topological polar surface area (TPSA) is 9.23 Å². The molecule has 0 N–H and O–H groups in total. The Balaban J connectivity index is 0.000000202. The Morgan fingerprint density at radius 3 is 1.71 bits per heavy atom. The van der Waals surface area contributed by atoms with Gasteiger partial charge in [0.05, 0.1) is 0 Å². The zero-order valence-electron chi connectivity index (χ0n) is 10.6. The van der Waals surface area contributed by atoms with E-state index in [0.29, 0.717) is 0 Å². The standard InChI is InChI=1S/C9H13OSi.C6H5/c1-11(2,3)10-9-7-5-4-6-8-9;1-2-4-6-5-3-1/h5-8H,1-3H3;1-5H. The number of benzene rings is 2. The lowest BCUT2D eigenvalue weighted by Gasteiger charge is -2.18. The third-order valence-electron chi connectivity index (χ3n) is 1.72. The maximum absolute atomic E-state index is 5.72. The summed E-state index contributed by atoms with van der Waals surface area (Å²) in [4.78, 5) is 0. The lowest BCUT2D eigenvalue weighted by molar-refractivity contribution is 0.557. The van der Waals surface area contributed by atoms with Gasteiger partial charge in [-0.05, 0) is 43.9 Å². The predicted octanol–water partition coefficient (Wildman–Crippen LogP) is 4.19. The third-order valence-corrected chi connectivity index (χ3v) is 2.57. The Hall–Kier alpha value is -1.54. The van der Waals surface area contributed by atoms with Crippen LogP contribution < -0.4 is 4.43 Å². The molecule has 2 aromatic rings. The highest BCUT2D eigenvalue weighted by atomic mass is 28.4. The van der Waals surface area contributed by atoms with Gasteiger partial charge >= 0.3 is 0 Å². The average molecular weight is 242 g/mol. The van der Waals surface area contributed by atoms with Crippen molar-refractivity contribution in [3.63, 3.8) is 0 Å². The normalized spacial score (nSPS) is 10.1. The Bertz CT molecular complexity index is 366. The molecule has 0 amide bonds. The largest absolute Gasteiger partial charge is 0.544 e. The van der Waals surface area contributed by atoms with Gasteiger partial charge in [-0.2, -0.15) is 0 Å². The van der Waals surface area contributed by atoms with Crippen molar-refractivity contribution in [2.24, 2.45) is 0 Å². The highest BCUT2D eigenvalue weighted by Crippen LogP contribution is 2.13. The van der Waals surface area contributed by atoms with Crippen LogP contribution in [0.25, 0.3) is 0 Å². The molecule has 2 aromatic carbocycles. The molecule has 0 heterocycles. The fourth-order valence-electron chi connectivity index (χ4n) is 1.14. The van der Waals surface area contributed by atoms with Crippen molar-refractivity contribution in [1.82, 2.24) is 0 Å². The molecule has 0 atom stereocenters. The van der Waals surface area contributed by atoms with Crippen molar-refractivity contribution >= 4 is 8.32 Å². The van der Waals surface area contributed by atoms with E-state index >= 15 is 0 Å². The lowest BCUT2D eigenvalue weighted by Crippen LogP contribution is -2.29. The van der Waals surface area contributed by atoms with Crippen LogP contribution in [0, 0.1) is 12.1 Å². The summed E-state index contributed by atoms with van der Waals surface area (Å²) in [5.41, 5.74) is 0. The summed E-state index contributed by atoms with van der Waals surface area (Å²) in [5, 5.41) is 0. The molecule has 0 aliphatic heterocycles. The second-order valence-corrected chi connectivity index (χ2v) is 8.96. The Morgan fingerprint density at radius 1 is 0.824 bits per heavy atom. The molecule has 2 rings (SSSR count). The van der Waals surface area contributed by atoms with Crippen LogP contribution >= 0.6 is 0 Å². The zero-order valence-corrected chi connectivity index (χ0v) is 11.6. The van der Waals surface area contributed by atoms with E-state index in [9.17, 15) is 0 Å². The molecule has 1 nitrogen and oxygen atoms in total. The molecule has 0 saturated heterocycles. The Labute approximate surface area is 105 Å². The molecular weight excluding hydrogens is 224 g/mol. The molecule has 2 heteroatoms. The van der Waals surface area contributed by atoms with Crippen molar-refractivity contribution in [3.8, 4) is 5.75 Å². The minimum absolute atomic E-state index is 0.961. The molecule has 0 fully saturated rings. The van der Waals surface area contributed by atoms with Crippen molar-refractivity contribution in [2.45, 2.75) is 19.6 Å². The monoisotopic (exact) mass is 242 g/mol. The van der Waals surface area contributed by atoms with E-state index in [1.165, 1.54) is 0 Å². The number of rotatable bonds is 2. The summed E-state index contributed by atoms with van der Waals surface area (Å²) in [6.45, 7) is 6.51. The second-order valence-electron chi connectivity index (χ2n) is 4.53. The van der Waals surface area contributed by atoms with E-state index in [1.807, 2.05) is 54.6 Å². The minimum Gasteiger partial charge on any atom is -0.544 e. The molecule has 0 saturated carbocycles. The van der Waals surface area contributed by atoms with Gasteiger partial charge in [-0.1, -0.05) is 42.5 Å². The molecule has 0 spiro atoms. The van der Waals surface area contributed by atoms with Crippen LogP contribution in [-0.4, -0.2) is 8.32 Å². The first-order valence-corrected chi connectivity index (χ1v) is 9.05. The van der Waals surface area contributed by atoms with E-state index in [4.69, 9.17) is 4.43 Å². The zero-order chi connectivity index (χ0) is 12.6. The quantitative estimate of drug-likeness (QED) is 0.718. The number of hydrogen-bond acceptors (Lipinski definition) is 1. The van der Waals surface area contributed by atoms with Gasteiger partial charge in [0, 0.05) is 0 Å². The first-order chi connectivity index (χ1) is 8.08. The highest BCUT2D eigenvalue weighted by molar-refractivity contribution is 6.70. The Morgan fingerprint density at radius 2 is 1.35 bits per heavy atom. The summed E-state index contributed by atoms with van der Waals surface area (Å²) < 4.78 is 5.72.